The van der Waals surface area contributed by atoms with Crippen LogP contribution in [-0.4, -0.2) is 25.5 Å². The van der Waals surface area contributed by atoms with Gasteiger partial charge in [0.2, 0.25) is 0 Å². The number of rotatable bonds is 7. The first-order valence-corrected chi connectivity index (χ1v) is 7.46. The maximum Gasteiger partial charge on any atom is 0.255 e. The number of primary amides is 1. The van der Waals surface area contributed by atoms with Gasteiger partial charge in [-0.1, -0.05) is 18.2 Å². The van der Waals surface area contributed by atoms with Gasteiger partial charge in [0.15, 0.2) is 6.61 Å². The molecule has 1 atom stereocenters. The molecule has 3 N–H and O–H groups in total. The molecule has 2 rings (SSSR count). The molecule has 0 saturated carbocycles. The second kappa shape index (κ2) is 8.01. The highest BCUT2D eigenvalue weighted by molar-refractivity contribution is 5.94. The van der Waals surface area contributed by atoms with E-state index in [1.807, 2.05) is 31.2 Å². The maximum atomic E-state index is 12.3. The first-order valence-electron chi connectivity index (χ1n) is 7.46. The molecule has 6 nitrogen and oxygen atoms in total. The summed E-state index contributed by atoms with van der Waals surface area (Å²) >= 11 is 0. The number of methoxy groups -OCH3 is 1. The van der Waals surface area contributed by atoms with Crippen molar-refractivity contribution >= 4 is 11.8 Å². The van der Waals surface area contributed by atoms with E-state index in [-0.39, 0.29) is 18.6 Å². The SMILES string of the molecule is COc1ccccc1C(C)NC(=O)c1ccc(OCC(N)=O)cc1. The summed E-state index contributed by atoms with van der Waals surface area (Å²) in [5, 5.41) is 2.92. The first kappa shape index (κ1) is 17.3. The summed E-state index contributed by atoms with van der Waals surface area (Å²) in [7, 11) is 1.60. The van der Waals surface area contributed by atoms with Gasteiger partial charge in [-0.3, -0.25) is 9.59 Å². The lowest BCUT2D eigenvalue weighted by Crippen LogP contribution is -2.26. The smallest absolute Gasteiger partial charge is 0.255 e. The Hall–Kier alpha value is -3.02. The van der Waals surface area contributed by atoms with Gasteiger partial charge in [0.25, 0.3) is 11.8 Å². The number of amides is 2. The van der Waals surface area contributed by atoms with Crippen LogP contribution in [0.3, 0.4) is 0 Å². The van der Waals surface area contributed by atoms with Crippen LogP contribution in [0.5, 0.6) is 11.5 Å². The average Bonchev–Trinajstić information content (AvgIpc) is 2.60. The Morgan fingerprint density at radius 3 is 2.42 bits per heavy atom. The number of nitrogens with two attached hydrogens (primary N) is 1. The van der Waals surface area contributed by atoms with Crippen molar-refractivity contribution in [2.75, 3.05) is 13.7 Å². The standard InChI is InChI=1S/C18H20N2O4/c1-12(15-5-3-4-6-16(15)23-2)20-18(22)13-7-9-14(10-8-13)24-11-17(19)21/h3-10,12H,11H2,1-2H3,(H2,19,21)(H,20,22). The third-order valence-corrected chi connectivity index (χ3v) is 3.45. The van der Waals surface area contributed by atoms with E-state index in [2.05, 4.69) is 5.32 Å². The van der Waals surface area contributed by atoms with E-state index in [1.54, 1.807) is 31.4 Å². The molecule has 0 aliphatic heterocycles. The second-order valence-corrected chi connectivity index (χ2v) is 5.22. The van der Waals surface area contributed by atoms with Crippen molar-refractivity contribution in [2.45, 2.75) is 13.0 Å². The summed E-state index contributed by atoms with van der Waals surface area (Å²) in [4.78, 5) is 23.0. The van der Waals surface area contributed by atoms with Gasteiger partial charge >= 0.3 is 0 Å². The highest BCUT2D eigenvalue weighted by Gasteiger charge is 2.14. The topological polar surface area (TPSA) is 90.7 Å². The molecule has 0 aliphatic rings. The van der Waals surface area contributed by atoms with Gasteiger partial charge in [0, 0.05) is 11.1 Å². The van der Waals surface area contributed by atoms with Crippen LogP contribution in [0, 0.1) is 0 Å². The van der Waals surface area contributed by atoms with E-state index in [0.29, 0.717) is 11.3 Å². The lowest BCUT2D eigenvalue weighted by atomic mass is 10.1. The number of carbonyl (C=O) groups is 2. The van der Waals surface area contributed by atoms with Crippen LogP contribution in [-0.2, 0) is 4.79 Å². The molecule has 0 aromatic heterocycles. The highest BCUT2D eigenvalue weighted by atomic mass is 16.5. The number of hydrogen-bond donors (Lipinski definition) is 2. The van der Waals surface area contributed by atoms with Gasteiger partial charge in [-0.25, -0.2) is 0 Å². The van der Waals surface area contributed by atoms with Crippen molar-refractivity contribution < 1.29 is 19.1 Å². The van der Waals surface area contributed by atoms with E-state index in [4.69, 9.17) is 15.2 Å². The Kier molecular flexibility index (Phi) is 5.78. The molecule has 24 heavy (non-hydrogen) atoms. The molecular weight excluding hydrogens is 308 g/mol. The lowest BCUT2D eigenvalue weighted by molar-refractivity contribution is -0.119. The number of carbonyl (C=O) groups excluding carboxylic acids is 2. The van der Waals surface area contributed by atoms with Crippen molar-refractivity contribution in [3.63, 3.8) is 0 Å². The molecule has 0 bridgehead atoms. The first-order chi connectivity index (χ1) is 11.5. The number of ether oxygens (including phenoxy) is 2. The van der Waals surface area contributed by atoms with Crippen LogP contribution < -0.4 is 20.5 Å². The summed E-state index contributed by atoms with van der Waals surface area (Å²) < 4.78 is 10.5. The van der Waals surface area contributed by atoms with E-state index < -0.39 is 5.91 Å². The zero-order valence-corrected chi connectivity index (χ0v) is 13.6. The molecular formula is C18H20N2O4. The minimum atomic E-state index is -0.553. The predicted molar refractivity (Wildman–Crippen MR) is 90.0 cm³/mol. The predicted octanol–water partition coefficient (Wildman–Crippen LogP) is 2.05. The normalized spacial score (nSPS) is 11.4. The van der Waals surface area contributed by atoms with Gasteiger partial charge in [-0.05, 0) is 37.3 Å². The van der Waals surface area contributed by atoms with Crippen LogP contribution in [0.4, 0.5) is 0 Å². The number of para-hydroxylation sites is 1. The Bertz CT molecular complexity index is 713. The molecule has 1 unspecified atom stereocenters. The maximum absolute atomic E-state index is 12.3. The molecule has 2 aromatic rings. The Labute approximate surface area is 140 Å². The van der Waals surface area contributed by atoms with Crippen LogP contribution in [0.1, 0.15) is 28.9 Å². The molecule has 2 amide bonds. The van der Waals surface area contributed by atoms with Gasteiger partial charge in [0.1, 0.15) is 11.5 Å². The van der Waals surface area contributed by atoms with Gasteiger partial charge < -0.3 is 20.5 Å². The van der Waals surface area contributed by atoms with Gasteiger partial charge in [-0.15, -0.1) is 0 Å². The molecule has 126 valence electrons. The summed E-state index contributed by atoms with van der Waals surface area (Å²) in [6.07, 6.45) is 0. The summed E-state index contributed by atoms with van der Waals surface area (Å²) in [6.45, 7) is 1.69. The van der Waals surface area contributed by atoms with Crippen LogP contribution >= 0.6 is 0 Å². The molecule has 0 radical (unpaired) electrons. The summed E-state index contributed by atoms with van der Waals surface area (Å²) in [5.41, 5.74) is 6.40. The number of hydrogen-bond acceptors (Lipinski definition) is 4. The third kappa shape index (κ3) is 4.49. The van der Waals surface area contributed by atoms with Gasteiger partial charge in [0.05, 0.1) is 13.2 Å². The minimum absolute atomic E-state index is 0.198. The van der Waals surface area contributed by atoms with Crippen LogP contribution in [0.15, 0.2) is 48.5 Å². The van der Waals surface area contributed by atoms with Crippen molar-refractivity contribution in [3.05, 3.63) is 59.7 Å². The zero-order valence-electron chi connectivity index (χ0n) is 13.6. The number of benzene rings is 2. The van der Waals surface area contributed by atoms with Crippen molar-refractivity contribution in [1.82, 2.24) is 5.32 Å². The van der Waals surface area contributed by atoms with E-state index >= 15 is 0 Å². The molecule has 0 saturated heterocycles. The fraction of sp³-hybridized carbons (Fsp3) is 0.222. The Morgan fingerprint density at radius 2 is 1.79 bits per heavy atom. The van der Waals surface area contributed by atoms with Crippen molar-refractivity contribution in [3.8, 4) is 11.5 Å². The van der Waals surface area contributed by atoms with Crippen LogP contribution in [0.25, 0.3) is 0 Å². The second-order valence-electron chi connectivity index (χ2n) is 5.22. The van der Waals surface area contributed by atoms with Crippen LogP contribution in [0.2, 0.25) is 0 Å². The lowest BCUT2D eigenvalue weighted by Gasteiger charge is -2.17. The average molecular weight is 328 g/mol. The van der Waals surface area contributed by atoms with Crippen molar-refractivity contribution in [1.29, 1.82) is 0 Å². The third-order valence-electron chi connectivity index (χ3n) is 3.45. The number of nitrogens with one attached hydrogen (secondary N) is 1. The quantitative estimate of drug-likeness (QED) is 0.814. The molecule has 2 aromatic carbocycles. The van der Waals surface area contributed by atoms with Gasteiger partial charge in [-0.2, -0.15) is 0 Å². The van der Waals surface area contributed by atoms with E-state index in [1.165, 1.54) is 0 Å². The molecule has 0 heterocycles. The molecule has 0 fully saturated rings. The molecule has 6 heteroatoms. The summed E-state index contributed by atoms with van der Waals surface area (Å²) in [6, 6.07) is 13.8. The fourth-order valence-corrected chi connectivity index (χ4v) is 2.24. The molecule has 0 spiro atoms. The minimum Gasteiger partial charge on any atom is -0.496 e. The zero-order chi connectivity index (χ0) is 17.5. The fourth-order valence-electron chi connectivity index (χ4n) is 2.24. The van der Waals surface area contributed by atoms with E-state index in [0.717, 1.165) is 11.3 Å². The summed E-state index contributed by atoms with van der Waals surface area (Å²) in [5.74, 6) is 0.431. The Morgan fingerprint density at radius 1 is 1.12 bits per heavy atom. The highest BCUT2D eigenvalue weighted by Crippen LogP contribution is 2.24. The molecule has 0 aliphatic carbocycles. The monoisotopic (exact) mass is 328 g/mol. The van der Waals surface area contributed by atoms with Crippen molar-refractivity contribution in [2.24, 2.45) is 5.73 Å². The Balaban J connectivity index is 2.02. The largest absolute Gasteiger partial charge is 0.496 e. The van der Waals surface area contributed by atoms with E-state index in [9.17, 15) is 9.59 Å².